The van der Waals surface area contributed by atoms with E-state index in [4.69, 9.17) is 17.3 Å². The first-order chi connectivity index (χ1) is 7.29. The lowest BCUT2D eigenvalue weighted by molar-refractivity contribution is 0.331. The summed E-state index contributed by atoms with van der Waals surface area (Å²) in [4.78, 5) is 2.45. The zero-order chi connectivity index (χ0) is 10.7. The van der Waals surface area contributed by atoms with Gasteiger partial charge in [0.15, 0.2) is 0 Å². The van der Waals surface area contributed by atoms with E-state index in [9.17, 15) is 0 Å². The lowest BCUT2D eigenvalue weighted by Gasteiger charge is -2.15. The minimum absolute atomic E-state index is 0.559. The maximum atomic E-state index is 6.20. The van der Waals surface area contributed by atoms with Crippen molar-refractivity contribution in [2.75, 3.05) is 13.1 Å². The van der Waals surface area contributed by atoms with E-state index in [1.807, 2.05) is 6.07 Å². The van der Waals surface area contributed by atoms with Crippen molar-refractivity contribution in [2.45, 2.75) is 25.9 Å². The van der Waals surface area contributed by atoms with E-state index in [2.05, 4.69) is 17.0 Å². The van der Waals surface area contributed by atoms with Crippen molar-refractivity contribution in [2.24, 2.45) is 5.73 Å². The molecule has 0 spiro atoms. The number of hydrogen-bond acceptors (Lipinski definition) is 2. The predicted molar refractivity (Wildman–Crippen MR) is 63.9 cm³/mol. The number of rotatable bonds is 3. The second kappa shape index (κ2) is 4.97. The molecule has 1 saturated heterocycles. The van der Waals surface area contributed by atoms with Gasteiger partial charge < -0.3 is 5.73 Å². The fraction of sp³-hybridized carbons (Fsp3) is 0.500. The van der Waals surface area contributed by atoms with Crippen molar-refractivity contribution < 1.29 is 0 Å². The highest BCUT2D eigenvalue weighted by Gasteiger charge is 2.13. The zero-order valence-corrected chi connectivity index (χ0v) is 9.63. The molecule has 2 rings (SSSR count). The third-order valence-corrected chi connectivity index (χ3v) is 3.30. The zero-order valence-electron chi connectivity index (χ0n) is 8.88. The molecule has 0 unspecified atom stereocenters. The topological polar surface area (TPSA) is 29.3 Å². The first-order valence-electron chi connectivity index (χ1n) is 5.49. The van der Waals surface area contributed by atoms with Crippen LogP contribution < -0.4 is 5.73 Å². The molecule has 1 fully saturated rings. The monoisotopic (exact) mass is 224 g/mol. The van der Waals surface area contributed by atoms with E-state index in [1.54, 1.807) is 0 Å². The Morgan fingerprint density at radius 2 is 2.00 bits per heavy atom. The van der Waals surface area contributed by atoms with Crippen LogP contribution in [-0.4, -0.2) is 18.0 Å². The van der Waals surface area contributed by atoms with Gasteiger partial charge in [0.05, 0.1) is 0 Å². The molecule has 1 heterocycles. The highest BCUT2D eigenvalue weighted by Crippen LogP contribution is 2.21. The molecular weight excluding hydrogens is 208 g/mol. The van der Waals surface area contributed by atoms with Gasteiger partial charge >= 0.3 is 0 Å². The molecular formula is C12H17ClN2. The maximum absolute atomic E-state index is 6.20. The van der Waals surface area contributed by atoms with Gasteiger partial charge in [-0.3, -0.25) is 4.90 Å². The third kappa shape index (κ3) is 2.71. The minimum Gasteiger partial charge on any atom is -0.326 e. The van der Waals surface area contributed by atoms with E-state index in [0.717, 1.165) is 17.1 Å². The van der Waals surface area contributed by atoms with Gasteiger partial charge in [-0.15, -0.1) is 0 Å². The summed E-state index contributed by atoms with van der Waals surface area (Å²) in [6, 6.07) is 6.15. The van der Waals surface area contributed by atoms with Crippen LogP contribution in [-0.2, 0) is 13.1 Å². The van der Waals surface area contributed by atoms with Crippen LogP contribution in [0.25, 0.3) is 0 Å². The fourth-order valence-corrected chi connectivity index (χ4v) is 2.29. The molecule has 1 aliphatic heterocycles. The van der Waals surface area contributed by atoms with Gasteiger partial charge in [0, 0.05) is 18.1 Å². The normalized spacial score (nSPS) is 17.2. The van der Waals surface area contributed by atoms with Gasteiger partial charge in [0.25, 0.3) is 0 Å². The fourth-order valence-electron chi connectivity index (χ4n) is 2.03. The second-order valence-corrected chi connectivity index (χ2v) is 4.52. The lowest BCUT2D eigenvalue weighted by Crippen LogP contribution is -2.18. The first-order valence-corrected chi connectivity index (χ1v) is 5.87. The Kier molecular flexibility index (Phi) is 3.62. The van der Waals surface area contributed by atoms with Crippen molar-refractivity contribution >= 4 is 11.6 Å². The third-order valence-electron chi connectivity index (χ3n) is 2.95. The second-order valence-electron chi connectivity index (χ2n) is 4.11. The van der Waals surface area contributed by atoms with Crippen LogP contribution in [0.15, 0.2) is 18.2 Å². The molecule has 1 aromatic rings. The smallest absolute Gasteiger partial charge is 0.0454 e. The molecule has 0 amide bonds. The first kappa shape index (κ1) is 10.9. The highest BCUT2D eigenvalue weighted by atomic mass is 35.5. The van der Waals surface area contributed by atoms with Crippen LogP contribution in [0.1, 0.15) is 24.0 Å². The van der Waals surface area contributed by atoms with Crippen LogP contribution in [0.3, 0.4) is 0 Å². The van der Waals surface area contributed by atoms with Gasteiger partial charge in [0.1, 0.15) is 0 Å². The minimum atomic E-state index is 0.559. The van der Waals surface area contributed by atoms with E-state index in [1.165, 1.54) is 31.5 Å². The summed E-state index contributed by atoms with van der Waals surface area (Å²) in [6.07, 6.45) is 2.64. The highest BCUT2D eigenvalue weighted by molar-refractivity contribution is 6.31. The summed E-state index contributed by atoms with van der Waals surface area (Å²) in [5, 5.41) is 0.852. The van der Waals surface area contributed by atoms with Gasteiger partial charge in [-0.25, -0.2) is 0 Å². The van der Waals surface area contributed by atoms with Crippen molar-refractivity contribution in [1.82, 2.24) is 4.90 Å². The number of halogens is 1. The van der Waals surface area contributed by atoms with Crippen molar-refractivity contribution in [3.05, 3.63) is 34.3 Å². The van der Waals surface area contributed by atoms with E-state index in [-0.39, 0.29) is 0 Å². The van der Waals surface area contributed by atoms with Crippen molar-refractivity contribution in [1.29, 1.82) is 0 Å². The number of nitrogens with zero attached hydrogens (tertiary/aromatic N) is 1. The average Bonchev–Trinajstić information content (AvgIpc) is 2.74. The van der Waals surface area contributed by atoms with Crippen LogP contribution in [0.5, 0.6) is 0 Å². The summed E-state index contributed by atoms with van der Waals surface area (Å²) < 4.78 is 0. The molecule has 15 heavy (non-hydrogen) atoms. The molecule has 0 atom stereocenters. The van der Waals surface area contributed by atoms with E-state index >= 15 is 0 Å². The van der Waals surface area contributed by atoms with Gasteiger partial charge in [-0.2, -0.15) is 0 Å². The molecule has 3 heteroatoms. The number of hydrogen-bond donors (Lipinski definition) is 1. The summed E-state index contributed by atoms with van der Waals surface area (Å²) >= 11 is 6.20. The summed E-state index contributed by atoms with van der Waals surface area (Å²) in [5.74, 6) is 0. The summed E-state index contributed by atoms with van der Waals surface area (Å²) in [5.41, 5.74) is 7.88. The summed E-state index contributed by atoms with van der Waals surface area (Å²) in [7, 11) is 0. The molecule has 0 aromatic heterocycles. The standard InChI is InChI=1S/C12H17ClN2/c13-12-7-10(8-14)3-4-11(12)9-15-5-1-2-6-15/h3-4,7H,1-2,5-6,8-9,14H2. The maximum Gasteiger partial charge on any atom is 0.0454 e. The van der Waals surface area contributed by atoms with Crippen LogP contribution in [0.4, 0.5) is 0 Å². The van der Waals surface area contributed by atoms with Gasteiger partial charge in [-0.1, -0.05) is 23.7 Å². The predicted octanol–water partition coefficient (Wildman–Crippen LogP) is 2.39. The number of benzene rings is 1. The molecule has 0 aliphatic carbocycles. The van der Waals surface area contributed by atoms with Crippen LogP contribution in [0.2, 0.25) is 5.02 Å². The molecule has 1 aromatic carbocycles. The van der Waals surface area contributed by atoms with Crippen molar-refractivity contribution in [3.8, 4) is 0 Å². The molecule has 1 aliphatic rings. The van der Waals surface area contributed by atoms with Crippen LogP contribution in [0, 0.1) is 0 Å². The largest absolute Gasteiger partial charge is 0.326 e. The number of nitrogens with two attached hydrogens (primary N) is 1. The van der Waals surface area contributed by atoms with Crippen molar-refractivity contribution in [3.63, 3.8) is 0 Å². The molecule has 0 bridgehead atoms. The van der Waals surface area contributed by atoms with E-state index < -0.39 is 0 Å². The molecule has 0 radical (unpaired) electrons. The number of likely N-dealkylation sites (tertiary alicyclic amines) is 1. The molecule has 82 valence electrons. The Hall–Kier alpha value is -0.570. The van der Waals surface area contributed by atoms with Gasteiger partial charge in [-0.05, 0) is 43.1 Å². The average molecular weight is 225 g/mol. The quantitative estimate of drug-likeness (QED) is 0.855. The van der Waals surface area contributed by atoms with Gasteiger partial charge in [0.2, 0.25) is 0 Å². The SMILES string of the molecule is NCc1ccc(CN2CCCC2)c(Cl)c1. The molecule has 2 nitrogen and oxygen atoms in total. The summed E-state index contributed by atoms with van der Waals surface area (Å²) in [6.45, 7) is 3.94. The Morgan fingerprint density at radius 1 is 1.27 bits per heavy atom. The van der Waals surface area contributed by atoms with E-state index in [0.29, 0.717) is 6.54 Å². The Labute approximate surface area is 96.0 Å². The Balaban J connectivity index is 2.07. The Bertz CT molecular complexity index is 332. The molecule has 0 saturated carbocycles. The lowest BCUT2D eigenvalue weighted by atomic mass is 10.1. The Morgan fingerprint density at radius 3 is 2.60 bits per heavy atom. The van der Waals surface area contributed by atoms with Crippen LogP contribution >= 0.6 is 11.6 Å². The molecule has 2 N–H and O–H groups in total.